The molecule has 28 heavy (non-hydrogen) atoms. The molecule has 2 aliphatic carbocycles. The van der Waals surface area contributed by atoms with Crippen LogP contribution in [0.1, 0.15) is 61.9 Å². The number of nitrogens with one attached hydrogen (secondary N) is 1. The van der Waals surface area contributed by atoms with Crippen LogP contribution in [0.25, 0.3) is 0 Å². The van der Waals surface area contributed by atoms with Gasteiger partial charge in [-0.25, -0.2) is 8.78 Å². The molecule has 4 nitrogen and oxygen atoms in total. The van der Waals surface area contributed by atoms with E-state index in [-0.39, 0.29) is 18.4 Å². The molecule has 0 aromatic heterocycles. The van der Waals surface area contributed by atoms with Crippen molar-refractivity contribution in [3.8, 4) is 0 Å². The van der Waals surface area contributed by atoms with Crippen molar-refractivity contribution in [3.63, 3.8) is 0 Å². The molecular weight excluding hydrogens is 362 g/mol. The summed E-state index contributed by atoms with van der Waals surface area (Å²) < 4.78 is 33.9. The Balaban J connectivity index is 1.94. The molecule has 2 aliphatic rings. The molecule has 2 fully saturated rings. The fourth-order valence-electron chi connectivity index (χ4n) is 4.86. The van der Waals surface area contributed by atoms with Gasteiger partial charge in [0.1, 0.15) is 5.60 Å². The number of hydrogen-bond donors (Lipinski definition) is 2. The summed E-state index contributed by atoms with van der Waals surface area (Å²) in [5.74, 6) is -3.55. The lowest BCUT2D eigenvalue weighted by Crippen LogP contribution is -2.42. The van der Waals surface area contributed by atoms with Gasteiger partial charge in [0.2, 0.25) is 5.91 Å². The lowest BCUT2D eigenvalue weighted by atomic mass is 9.69. The third-order valence-electron chi connectivity index (χ3n) is 6.52. The number of carbonyl (C=O) groups excluding carboxylic acids is 1. The van der Waals surface area contributed by atoms with Gasteiger partial charge in [0.15, 0.2) is 0 Å². The second-order valence-corrected chi connectivity index (χ2v) is 8.31. The standard InChI is InChI=1S/C22H30F2N2O2/c1-14-6-4-9-18(13-26-19-10-15(2)21(23,24)12-19)22(14,28-3)17-8-5-7-16(11-17)20(25)27/h5,7-8,11,13-15,19,26H,4,6,9-10,12H2,1-3H3,(H2,25,27)/b18-13+/t14?,15-,19-,22?/m0/s1. The van der Waals surface area contributed by atoms with E-state index in [4.69, 9.17) is 10.5 Å². The molecule has 0 saturated heterocycles. The van der Waals surface area contributed by atoms with E-state index in [1.807, 2.05) is 18.3 Å². The molecule has 3 N–H and O–H groups in total. The van der Waals surface area contributed by atoms with E-state index in [9.17, 15) is 13.6 Å². The number of alkyl halides is 2. The van der Waals surface area contributed by atoms with Gasteiger partial charge in [-0.3, -0.25) is 4.79 Å². The van der Waals surface area contributed by atoms with Crippen LogP contribution in [0, 0.1) is 11.8 Å². The molecule has 0 heterocycles. The van der Waals surface area contributed by atoms with Crippen molar-refractivity contribution in [2.75, 3.05) is 7.11 Å². The van der Waals surface area contributed by atoms with E-state index in [1.54, 1.807) is 26.2 Å². The van der Waals surface area contributed by atoms with Crippen molar-refractivity contribution in [2.24, 2.45) is 17.6 Å². The van der Waals surface area contributed by atoms with Crippen molar-refractivity contribution < 1.29 is 18.3 Å². The predicted octanol–water partition coefficient (Wildman–Crippen LogP) is 4.35. The number of rotatable bonds is 5. The van der Waals surface area contributed by atoms with Crippen molar-refractivity contribution >= 4 is 5.91 Å². The maximum absolute atomic E-state index is 13.9. The van der Waals surface area contributed by atoms with Crippen LogP contribution < -0.4 is 11.1 Å². The third kappa shape index (κ3) is 3.66. The first-order valence-electron chi connectivity index (χ1n) is 9.99. The number of nitrogens with two attached hydrogens (primary N) is 1. The quantitative estimate of drug-likeness (QED) is 0.783. The summed E-state index contributed by atoms with van der Waals surface area (Å²) >= 11 is 0. The summed E-state index contributed by atoms with van der Waals surface area (Å²) in [7, 11) is 1.67. The summed E-state index contributed by atoms with van der Waals surface area (Å²) in [6, 6.07) is 6.97. The molecule has 0 spiro atoms. The zero-order chi connectivity index (χ0) is 20.5. The highest BCUT2D eigenvalue weighted by molar-refractivity contribution is 5.93. The van der Waals surface area contributed by atoms with Gasteiger partial charge in [0, 0.05) is 31.1 Å². The Labute approximate surface area is 165 Å². The molecular formula is C22H30F2N2O2. The molecule has 3 rings (SSSR count). The maximum atomic E-state index is 13.9. The first-order chi connectivity index (χ1) is 13.2. The van der Waals surface area contributed by atoms with Gasteiger partial charge < -0.3 is 15.8 Å². The summed E-state index contributed by atoms with van der Waals surface area (Å²) in [5, 5.41) is 3.24. The van der Waals surface area contributed by atoms with Gasteiger partial charge >= 0.3 is 0 Å². The van der Waals surface area contributed by atoms with Crippen LogP contribution in [0.3, 0.4) is 0 Å². The van der Waals surface area contributed by atoms with Gasteiger partial charge in [-0.15, -0.1) is 0 Å². The maximum Gasteiger partial charge on any atom is 0.252 e. The number of carbonyl (C=O) groups is 1. The Morgan fingerprint density at radius 1 is 1.32 bits per heavy atom. The van der Waals surface area contributed by atoms with E-state index in [2.05, 4.69) is 12.2 Å². The molecule has 2 saturated carbocycles. The predicted molar refractivity (Wildman–Crippen MR) is 105 cm³/mol. The highest BCUT2D eigenvalue weighted by Gasteiger charge is 2.47. The topological polar surface area (TPSA) is 64.3 Å². The zero-order valence-electron chi connectivity index (χ0n) is 16.8. The normalized spacial score (nSPS) is 33.8. The molecule has 1 aromatic rings. The van der Waals surface area contributed by atoms with Crippen LogP contribution in [0.5, 0.6) is 0 Å². The third-order valence-corrected chi connectivity index (χ3v) is 6.52. The minimum Gasteiger partial charge on any atom is -0.388 e. The van der Waals surface area contributed by atoms with Crippen molar-refractivity contribution in [1.29, 1.82) is 0 Å². The van der Waals surface area contributed by atoms with Gasteiger partial charge in [-0.2, -0.15) is 0 Å². The molecule has 0 aliphatic heterocycles. The summed E-state index contributed by atoms with van der Waals surface area (Å²) in [5.41, 5.74) is 7.09. The molecule has 1 amide bonds. The lowest BCUT2D eigenvalue weighted by Gasteiger charge is -2.44. The second-order valence-electron chi connectivity index (χ2n) is 8.31. The van der Waals surface area contributed by atoms with Gasteiger partial charge in [-0.05, 0) is 61.1 Å². The number of methoxy groups -OCH3 is 1. The van der Waals surface area contributed by atoms with Crippen LogP contribution in [-0.4, -0.2) is 25.0 Å². The van der Waals surface area contributed by atoms with Crippen LogP contribution in [0.4, 0.5) is 8.78 Å². The van der Waals surface area contributed by atoms with Crippen molar-refractivity contribution in [3.05, 3.63) is 47.2 Å². The summed E-state index contributed by atoms with van der Waals surface area (Å²) in [4.78, 5) is 11.7. The molecule has 2 unspecified atom stereocenters. The fourth-order valence-corrected chi connectivity index (χ4v) is 4.86. The smallest absolute Gasteiger partial charge is 0.252 e. The van der Waals surface area contributed by atoms with E-state index in [0.717, 1.165) is 30.4 Å². The highest BCUT2D eigenvalue weighted by Crippen LogP contribution is 2.48. The van der Waals surface area contributed by atoms with Gasteiger partial charge in [0.05, 0.1) is 0 Å². The Bertz CT molecular complexity index is 765. The number of primary amides is 1. The van der Waals surface area contributed by atoms with Crippen LogP contribution >= 0.6 is 0 Å². The SMILES string of the molecule is COC1(c2cccc(C(N)=O)c2)/C(=C/N[C@H]2C[C@H](C)C(F)(F)C2)CCCC1C. The average molecular weight is 392 g/mol. The van der Waals surface area contributed by atoms with Crippen molar-refractivity contribution in [2.45, 2.75) is 63.5 Å². The molecule has 1 aromatic carbocycles. The molecule has 6 heteroatoms. The van der Waals surface area contributed by atoms with Crippen LogP contribution in [-0.2, 0) is 10.3 Å². The number of ether oxygens (including phenoxy) is 1. The summed E-state index contributed by atoms with van der Waals surface area (Å²) in [6.45, 7) is 3.73. The molecule has 4 atom stereocenters. The Morgan fingerprint density at radius 3 is 2.68 bits per heavy atom. The summed E-state index contributed by atoms with van der Waals surface area (Å²) in [6.07, 6.45) is 4.98. The highest BCUT2D eigenvalue weighted by atomic mass is 19.3. The number of amides is 1. The molecule has 0 radical (unpaired) electrons. The first kappa shape index (κ1) is 20.8. The molecule has 154 valence electrons. The minimum absolute atomic E-state index is 0.148. The second kappa shape index (κ2) is 7.82. The average Bonchev–Trinajstić information content (AvgIpc) is 2.92. The largest absolute Gasteiger partial charge is 0.388 e. The Kier molecular flexibility index (Phi) is 5.80. The molecule has 0 bridgehead atoms. The Morgan fingerprint density at radius 2 is 2.07 bits per heavy atom. The first-order valence-corrected chi connectivity index (χ1v) is 9.99. The van der Waals surface area contributed by atoms with Crippen LogP contribution in [0.2, 0.25) is 0 Å². The Hall–Kier alpha value is -1.95. The van der Waals surface area contributed by atoms with E-state index >= 15 is 0 Å². The van der Waals surface area contributed by atoms with Gasteiger partial charge in [-0.1, -0.05) is 26.0 Å². The number of benzene rings is 1. The fraction of sp³-hybridized carbons (Fsp3) is 0.591. The minimum atomic E-state index is -2.62. The van der Waals surface area contributed by atoms with E-state index in [0.29, 0.717) is 12.0 Å². The van der Waals surface area contributed by atoms with E-state index in [1.165, 1.54) is 0 Å². The van der Waals surface area contributed by atoms with E-state index < -0.39 is 23.3 Å². The monoisotopic (exact) mass is 392 g/mol. The zero-order valence-corrected chi connectivity index (χ0v) is 16.8. The number of halogens is 2. The van der Waals surface area contributed by atoms with Crippen LogP contribution in [0.15, 0.2) is 36.0 Å². The number of hydrogen-bond acceptors (Lipinski definition) is 3. The van der Waals surface area contributed by atoms with Crippen molar-refractivity contribution in [1.82, 2.24) is 5.32 Å². The van der Waals surface area contributed by atoms with Gasteiger partial charge in [0.25, 0.3) is 5.92 Å². The lowest BCUT2D eigenvalue weighted by molar-refractivity contribution is -0.0435.